The van der Waals surface area contributed by atoms with Crippen molar-refractivity contribution in [3.8, 4) is 11.5 Å². The molecule has 2 aromatic carbocycles. The van der Waals surface area contributed by atoms with Gasteiger partial charge in [-0.3, -0.25) is 0 Å². The summed E-state index contributed by atoms with van der Waals surface area (Å²) in [4.78, 5) is 35.6. The minimum Gasteiger partial charge on any atom is -0.450 e. The van der Waals surface area contributed by atoms with Crippen LogP contribution in [-0.2, 0) is 9.53 Å². The number of hydrogen-bond donors (Lipinski definition) is 2. The second-order valence-corrected chi connectivity index (χ2v) is 5.93. The number of esters is 2. The molecule has 2 rings (SSSR count). The summed E-state index contributed by atoms with van der Waals surface area (Å²) >= 11 is 0. The molecule has 0 aromatic heterocycles. The fourth-order valence-electron chi connectivity index (χ4n) is 2.38. The van der Waals surface area contributed by atoms with Crippen molar-refractivity contribution in [2.45, 2.75) is 19.4 Å². The molecule has 154 valence electrons. The number of amides is 1. The maximum absolute atomic E-state index is 12.3. The van der Waals surface area contributed by atoms with Crippen molar-refractivity contribution < 1.29 is 28.6 Å². The van der Waals surface area contributed by atoms with Crippen molar-refractivity contribution in [2.75, 3.05) is 20.2 Å². The van der Waals surface area contributed by atoms with Crippen LogP contribution in [0.5, 0.6) is 11.5 Å². The van der Waals surface area contributed by atoms with Gasteiger partial charge in [0.25, 0.3) is 0 Å². The number of alkyl carbamates (subject to hydrolysis) is 1. The van der Waals surface area contributed by atoms with Gasteiger partial charge in [0.2, 0.25) is 0 Å². The van der Waals surface area contributed by atoms with E-state index >= 15 is 0 Å². The van der Waals surface area contributed by atoms with Gasteiger partial charge in [0, 0.05) is 6.54 Å². The molecular weight excluding hydrogens is 376 g/mol. The van der Waals surface area contributed by atoms with E-state index in [1.165, 1.54) is 12.1 Å². The molecule has 2 N–H and O–H groups in total. The topological polar surface area (TPSA) is 103 Å². The van der Waals surface area contributed by atoms with Gasteiger partial charge in [-0.2, -0.15) is 0 Å². The van der Waals surface area contributed by atoms with E-state index in [1.807, 2.05) is 6.07 Å². The molecular formula is C21H24N2O6. The van der Waals surface area contributed by atoms with Gasteiger partial charge in [0.15, 0.2) is 0 Å². The maximum Gasteiger partial charge on any atom is 0.407 e. The Labute approximate surface area is 169 Å². The standard InChI is InChI=1S/C21H24N2O6/c1-3-27-21(26)23-14-13-18(22-2)20(25)29-17-11-9-16(10-12-17)28-19(24)15-7-5-4-6-8-15/h4-12,18,22H,3,13-14H2,1-2H3,(H,23,26). The molecule has 2 aromatic rings. The van der Waals surface area contributed by atoms with E-state index in [4.69, 9.17) is 14.2 Å². The Morgan fingerprint density at radius 2 is 1.55 bits per heavy atom. The number of carbonyl (C=O) groups excluding carboxylic acids is 3. The van der Waals surface area contributed by atoms with E-state index in [2.05, 4.69) is 10.6 Å². The number of carbonyl (C=O) groups is 3. The number of ether oxygens (including phenoxy) is 3. The van der Waals surface area contributed by atoms with Gasteiger partial charge in [0.05, 0.1) is 12.2 Å². The molecule has 0 aliphatic carbocycles. The summed E-state index contributed by atoms with van der Waals surface area (Å²) in [6, 6.07) is 14.2. The largest absolute Gasteiger partial charge is 0.450 e. The summed E-state index contributed by atoms with van der Waals surface area (Å²) in [5.41, 5.74) is 0.441. The van der Waals surface area contributed by atoms with Crippen molar-refractivity contribution >= 4 is 18.0 Å². The van der Waals surface area contributed by atoms with Gasteiger partial charge in [-0.25, -0.2) is 14.4 Å². The Morgan fingerprint density at radius 1 is 0.931 bits per heavy atom. The average molecular weight is 400 g/mol. The molecule has 0 spiro atoms. The van der Waals surface area contributed by atoms with Crippen LogP contribution < -0.4 is 20.1 Å². The smallest absolute Gasteiger partial charge is 0.407 e. The summed E-state index contributed by atoms with van der Waals surface area (Å²) in [7, 11) is 1.63. The van der Waals surface area contributed by atoms with Crippen LogP contribution in [0.4, 0.5) is 4.79 Å². The molecule has 0 aliphatic rings. The van der Waals surface area contributed by atoms with Crippen molar-refractivity contribution in [2.24, 2.45) is 0 Å². The monoisotopic (exact) mass is 400 g/mol. The second-order valence-electron chi connectivity index (χ2n) is 5.93. The molecule has 1 atom stereocenters. The Hall–Kier alpha value is -3.39. The molecule has 0 saturated carbocycles. The van der Waals surface area contributed by atoms with E-state index < -0.39 is 24.1 Å². The molecule has 29 heavy (non-hydrogen) atoms. The minimum absolute atomic E-state index is 0.258. The van der Waals surface area contributed by atoms with Crippen LogP contribution in [-0.4, -0.2) is 44.3 Å². The Morgan fingerprint density at radius 3 is 2.14 bits per heavy atom. The van der Waals surface area contributed by atoms with Crippen molar-refractivity contribution in [1.29, 1.82) is 0 Å². The lowest BCUT2D eigenvalue weighted by Crippen LogP contribution is -2.40. The first-order valence-corrected chi connectivity index (χ1v) is 9.20. The highest BCUT2D eigenvalue weighted by molar-refractivity contribution is 5.91. The van der Waals surface area contributed by atoms with Crippen LogP contribution in [0.3, 0.4) is 0 Å². The third kappa shape index (κ3) is 7.27. The zero-order valence-corrected chi connectivity index (χ0v) is 16.3. The van der Waals surface area contributed by atoms with Crippen molar-refractivity contribution in [3.05, 3.63) is 60.2 Å². The van der Waals surface area contributed by atoms with Crippen molar-refractivity contribution in [3.63, 3.8) is 0 Å². The van der Waals surface area contributed by atoms with E-state index in [0.717, 1.165) is 0 Å². The third-order valence-electron chi connectivity index (χ3n) is 3.87. The molecule has 0 aliphatic heterocycles. The van der Waals surface area contributed by atoms with E-state index in [0.29, 0.717) is 23.5 Å². The summed E-state index contributed by atoms with van der Waals surface area (Å²) in [5.74, 6) is -0.317. The van der Waals surface area contributed by atoms with Gasteiger partial charge in [0.1, 0.15) is 17.5 Å². The zero-order valence-electron chi connectivity index (χ0n) is 16.3. The second kappa shape index (κ2) is 11.5. The van der Waals surface area contributed by atoms with Crippen LogP contribution in [0.25, 0.3) is 0 Å². The lowest BCUT2D eigenvalue weighted by molar-refractivity contribution is -0.136. The summed E-state index contributed by atoms with van der Waals surface area (Å²) < 4.78 is 15.4. The van der Waals surface area contributed by atoms with Crippen LogP contribution in [0.2, 0.25) is 0 Å². The highest BCUT2D eigenvalue weighted by Crippen LogP contribution is 2.19. The van der Waals surface area contributed by atoms with Gasteiger partial charge < -0.3 is 24.8 Å². The molecule has 1 unspecified atom stereocenters. The summed E-state index contributed by atoms with van der Waals surface area (Å²) in [5, 5.41) is 5.40. The number of hydrogen-bond acceptors (Lipinski definition) is 7. The summed E-state index contributed by atoms with van der Waals surface area (Å²) in [6.45, 7) is 2.25. The quantitative estimate of drug-likeness (QED) is 0.492. The van der Waals surface area contributed by atoms with Crippen LogP contribution in [0.15, 0.2) is 54.6 Å². The minimum atomic E-state index is -0.604. The van der Waals surface area contributed by atoms with E-state index in [1.54, 1.807) is 50.4 Å². The first-order chi connectivity index (χ1) is 14.0. The van der Waals surface area contributed by atoms with Crippen molar-refractivity contribution in [1.82, 2.24) is 10.6 Å². The summed E-state index contributed by atoms with van der Waals surface area (Å²) in [6.07, 6.45) is -0.197. The highest BCUT2D eigenvalue weighted by Gasteiger charge is 2.19. The van der Waals surface area contributed by atoms with Crippen LogP contribution >= 0.6 is 0 Å². The van der Waals surface area contributed by atoms with Gasteiger partial charge >= 0.3 is 18.0 Å². The molecule has 8 nitrogen and oxygen atoms in total. The Balaban J connectivity index is 1.85. The fraction of sp³-hybridized carbons (Fsp3) is 0.286. The lowest BCUT2D eigenvalue weighted by atomic mass is 10.2. The fourth-order valence-corrected chi connectivity index (χ4v) is 2.38. The molecule has 0 fully saturated rings. The SMILES string of the molecule is CCOC(=O)NCCC(NC)C(=O)Oc1ccc(OC(=O)c2ccccc2)cc1. The molecule has 0 heterocycles. The molecule has 1 amide bonds. The lowest BCUT2D eigenvalue weighted by Gasteiger charge is -2.15. The van der Waals surface area contributed by atoms with E-state index in [9.17, 15) is 14.4 Å². The molecule has 0 saturated heterocycles. The van der Waals surface area contributed by atoms with Gasteiger partial charge in [-0.15, -0.1) is 0 Å². The first kappa shape index (κ1) is 21.9. The number of benzene rings is 2. The van der Waals surface area contributed by atoms with Gasteiger partial charge in [-0.1, -0.05) is 18.2 Å². The predicted molar refractivity (Wildman–Crippen MR) is 106 cm³/mol. The van der Waals surface area contributed by atoms with Crippen LogP contribution in [0.1, 0.15) is 23.7 Å². The Bertz CT molecular complexity index is 808. The Kier molecular flexibility index (Phi) is 8.65. The van der Waals surface area contributed by atoms with E-state index in [-0.39, 0.29) is 13.2 Å². The highest BCUT2D eigenvalue weighted by atomic mass is 16.6. The third-order valence-corrected chi connectivity index (χ3v) is 3.87. The molecule has 0 bridgehead atoms. The maximum atomic E-state index is 12.3. The number of nitrogens with one attached hydrogen (secondary N) is 2. The number of likely N-dealkylation sites (N-methyl/N-ethyl adjacent to an activating group) is 1. The number of rotatable bonds is 9. The first-order valence-electron chi connectivity index (χ1n) is 9.20. The predicted octanol–water partition coefficient (Wildman–Crippen LogP) is 2.54. The molecule has 0 radical (unpaired) electrons. The average Bonchev–Trinajstić information content (AvgIpc) is 2.73. The zero-order chi connectivity index (χ0) is 21.1. The molecule has 8 heteroatoms. The van der Waals surface area contributed by atoms with Gasteiger partial charge in [-0.05, 0) is 56.8 Å². The van der Waals surface area contributed by atoms with Crippen LogP contribution in [0, 0.1) is 0 Å². The normalized spacial score (nSPS) is 11.2.